The van der Waals surface area contributed by atoms with Gasteiger partial charge in [0, 0.05) is 16.9 Å². The molecule has 0 N–H and O–H groups in total. The average molecular weight is 335 g/mol. The Hall–Kier alpha value is -1.81. The fourth-order valence-electron chi connectivity index (χ4n) is 2.70. The molecule has 0 amide bonds. The van der Waals surface area contributed by atoms with Gasteiger partial charge in [0.05, 0.1) is 17.5 Å². The zero-order valence-electron chi connectivity index (χ0n) is 13.4. The number of aryl methyl sites for hydroxylation is 1. The molecule has 0 radical (unpaired) electrons. The molecule has 1 aliphatic rings. The molecule has 3 rings (SSSR count). The lowest BCUT2D eigenvalue weighted by Gasteiger charge is -2.06. The van der Waals surface area contributed by atoms with E-state index in [0.717, 1.165) is 11.1 Å². The van der Waals surface area contributed by atoms with Crippen LogP contribution in [0.15, 0.2) is 22.6 Å². The van der Waals surface area contributed by atoms with E-state index in [2.05, 4.69) is 0 Å². The number of halogens is 1. The summed E-state index contributed by atoms with van der Waals surface area (Å²) in [5, 5.41) is 1.22. The predicted molar refractivity (Wildman–Crippen MR) is 87.7 cm³/mol. The maximum Gasteiger partial charge on any atom is 0.309 e. The van der Waals surface area contributed by atoms with Crippen LogP contribution in [-0.4, -0.2) is 18.4 Å². The molecule has 23 heavy (non-hydrogen) atoms. The number of benzene rings is 1. The van der Waals surface area contributed by atoms with E-state index in [0.29, 0.717) is 29.2 Å². The summed E-state index contributed by atoms with van der Waals surface area (Å²) in [5.74, 6) is 0.0889. The van der Waals surface area contributed by atoms with Crippen LogP contribution in [-0.2, 0) is 9.53 Å². The van der Waals surface area contributed by atoms with Crippen molar-refractivity contribution in [2.24, 2.45) is 17.8 Å². The molecule has 1 heterocycles. The summed E-state index contributed by atoms with van der Waals surface area (Å²) < 4.78 is 10.7. The Kier molecular flexibility index (Phi) is 4.19. The van der Waals surface area contributed by atoms with Crippen LogP contribution in [0.2, 0.25) is 5.02 Å². The fraction of sp³-hybridized carbons (Fsp3) is 0.444. The quantitative estimate of drug-likeness (QED) is 0.600. The van der Waals surface area contributed by atoms with E-state index in [1.54, 1.807) is 12.1 Å². The first kappa shape index (κ1) is 16.1. The van der Waals surface area contributed by atoms with Gasteiger partial charge in [0.25, 0.3) is 0 Å². The monoisotopic (exact) mass is 334 g/mol. The third kappa shape index (κ3) is 3.27. The van der Waals surface area contributed by atoms with E-state index in [4.69, 9.17) is 20.8 Å². The number of esters is 1. The molecule has 2 aromatic rings. The van der Waals surface area contributed by atoms with Gasteiger partial charge in [0.1, 0.15) is 5.76 Å². The summed E-state index contributed by atoms with van der Waals surface area (Å²) >= 11 is 6.19. The molecule has 1 saturated carbocycles. The van der Waals surface area contributed by atoms with Crippen LogP contribution in [0.4, 0.5) is 0 Å². The highest BCUT2D eigenvalue weighted by Gasteiger charge is 2.49. The Morgan fingerprint density at radius 2 is 2.04 bits per heavy atom. The maximum absolute atomic E-state index is 12.6. The van der Waals surface area contributed by atoms with Crippen molar-refractivity contribution >= 4 is 34.3 Å². The number of carbonyl (C=O) groups excluding carboxylic acids is 2. The minimum atomic E-state index is -0.318. The zero-order chi connectivity index (χ0) is 16.7. The van der Waals surface area contributed by atoms with Crippen LogP contribution in [0.3, 0.4) is 0 Å². The summed E-state index contributed by atoms with van der Waals surface area (Å²) in [6, 6.07) is 5.23. The lowest BCUT2D eigenvalue weighted by Crippen LogP contribution is -2.14. The number of furan rings is 1. The Bertz CT molecular complexity index is 775. The number of carbonyl (C=O) groups is 2. The van der Waals surface area contributed by atoms with E-state index in [9.17, 15) is 9.59 Å². The van der Waals surface area contributed by atoms with E-state index < -0.39 is 0 Å². The number of hydrogen-bond acceptors (Lipinski definition) is 4. The third-order valence-corrected chi connectivity index (χ3v) is 4.25. The van der Waals surface area contributed by atoms with Crippen molar-refractivity contribution in [3.63, 3.8) is 0 Å². The topological polar surface area (TPSA) is 56.5 Å². The van der Waals surface area contributed by atoms with Crippen LogP contribution < -0.4 is 0 Å². The first-order valence-corrected chi connectivity index (χ1v) is 8.15. The first-order valence-electron chi connectivity index (χ1n) is 7.77. The Morgan fingerprint density at radius 1 is 1.30 bits per heavy atom. The normalized spacial score (nSPS) is 20.0. The first-order chi connectivity index (χ1) is 10.9. The van der Waals surface area contributed by atoms with Crippen LogP contribution in [0.25, 0.3) is 11.0 Å². The van der Waals surface area contributed by atoms with Crippen LogP contribution in [0, 0.1) is 24.7 Å². The molecule has 4 nitrogen and oxygen atoms in total. The molecule has 1 fully saturated rings. The average Bonchev–Trinajstić information content (AvgIpc) is 3.19. The summed E-state index contributed by atoms with van der Waals surface area (Å²) in [6.07, 6.45) is 0.551. The second kappa shape index (κ2) is 6.00. The molecular formula is C18H19ClO4. The van der Waals surface area contributed by atoms with Crippen molar-refractivity contribution in [1.29, 1.82) is 0 Å². The number of ketones is 1. The lowest BCUT2D eigenvalue weighted by molar-refractivity contribution is -0.146. The Morgan fingerprint density at radius 3 is 2.74 bits per heavy atom. The largest absolute Gasteiger partial charge is 0.465 e. The smallest absolute Gasteiger partial charge is 0.309 e. The van der Waals surface area contributed by atoms with Crippen LogP contribution in [0.5, 0.6) is 0 Å². The molecule has 1 aromatic heterocycles. The molecule has 0 spiro atoms. The molecule has 2 atom stereocenters. The van der Waals surface area contributed by atoms with Gasteiger partial charge in [-0.1, -0.05) is 25.4 Å². The van der Waals surface area contributed by atoms with E-state index >= 15 is 0 Å². The number of hydrogen-bond donors (Lipinski definition) is 0. The van der Waals surface area contributed by atoms with Crippen LogP contribution >= 0.6 is 11.6 Å². The molecule has 0 saturated heterocycles. The molecule has 2 unspecified atom stereocenters. The van der Waals surface area contributed by atoms with E-state index in [1.165, 1.54) is 0 Å². The minimum Gasteiger partial charge on any atom is -0.465 e. The summed E-state index contributed by atoms with van der Waals surface area (Å²) in [5.41, 5.74) is 1.11. The zero-order valence-corrected chi connectivity index (χ0v) is 14.1. The molecule has 0 bridgehead atoms. The SMILES string of the molecule is Cc1cc2cc(C(=O)C3CC3C(=O)OCC(C)C)cc(Cl)c2o1. The molecular weight excluding hydrogens is 316 g/mol. The van der Waals surface area contributed by atoms with Crippen molar-refractivity contribution in [1.82, 2.24) is 0 Å². The van der Waals surface area contributed by atoms with Gasteiger partial charge in [-0.05, 0) is 37.5 Å². The van der Waals surface area contributed by atoms with Gasteiger partial charge in [0.15, 0.2) is 11.4 Å². The van der Waals surface area contributed by atoms with E-state index in [-0.39, 0.29) is 29.5 Å². The second-order valence-corrected chi connectivity index (χ2v) is 6.98. The van der Waals surface area contributed by atoms with Gasteiger partial charge >= 0.3 is 5.97 Å². The summed E-state index contributed by atoms with van der Waals surface area (Å²) in [6.45, 7) is 6.18. The number of Topliss-reactive ketones (excluding diaryl/α,β-unsaturated/α-hetero) is 1. The van der Waals surface area contributed by atoms with Crippen molar-refractivity contribution < 1.29 is 18.7 Å². The van der Waals surface area contributed by atoms with Crippen molar-refractivity contribution in [3.8, 4) is 0 Å². The van der Waals surface area contributed by atoms with Gasteiger partial charge in [-0.15, -0.1) is 0 Å². The highest BCUT2D eigenvalue weighted by Crippen LogP contribution is 2.43. The van der Waals surface area contributed by atoms with Gasteiger partial charge in [-0.25, -0.2) is 0 Å². The third-order valence-electron chi connectivity index (χ3n) is 3.97. The second-order valence-electron chi connectivity index (χ2n) is 6.57. The number of rotatable bonds is 5. The lowest BCUT2D eigenvalue weighted by atomic mass is 10.0. The number of fused-ring (bicyclic) bond motifs is 1. The predicted octanol–water partition coefficient (Wildman–Crippen LogP) is 4.41. The maximum atomic E-state index is 12.6. The molecule has 1 aromatic carbocycles. The van der Waals surface area contributed by atoms with Crippen molar-refractivity contribution in [3.05, 3.63) is 34.5 Å². The van der Waals surface area contributed by atoms with Crippen molar-refractivity contribution in [2.75, 3.05) is 6.61 Å². The minimum absolute atomic E-state index is 0.0563. The summed E-state index contributed by atoms with van der Waals surface area (Å²) in [4.78, 5) is 24.5. The van der Waals surface area contributed by atoms with Gasteiger partial charge in [-0.3, -0.25) is 9.59 Å². The molecule has 1 aliphatic carbocycles. The fourth-order valence-corrected chi connectivity index (χ4v) is 2.96. The van der Waals surface area contributed by atoms with Crippen molar-refractivity contribution in [2.45, 2.75) is 27.2 Å². The van der Waals surface area contributed by atoms with Crippen LogP contribution in [0.1, 0.15) is 36.4 Å². The van der Waals surface area contributed by atoms with E-state index in [1.807, 2.05) is 26.8 Å². The molecule has 122 valence electrons. The Balaban J connectivity index is 1.73. The van der Waals surface area contributed by atoms with Gasteiger partial charge in [-0.2, -0.15) is 0 Å². The van der Waals surface area contributed by atoms with Gasteiger partial charge in [0.2, 0.25) is 0 Å². The Labute approximate surface area is 139 Å². The molecule has 0 aliphatic heterocycles. The summed E-state index contributed by atoms with van der Waals surface area (Å²) in [7, 11) is 0. The highest BCUT2D eigenvalue weighted by atomic mass is 35.5. The highest BCUT2D eigenvalue weighted by molar-refractivity contribution is 6.35. The molecule has 5 heteroatoms. The number of ether oxygens (including phenoxy) is 1. The van der Waals surface area contributed by atoms with Gasteiger partial charge < -0.3 is 9.15 Å². The standard InChI is InChI=1S/C18H19ClO4/c1-9(2)8-22-18(21)14-7-13(14)16(20)11-5-12-4-10(3)23-17(12)15(19)6-11/h4-6,9,13-14H,7-8H2,1-3H3.